The van der Waals surface area contributed by atoms with Gasteiger partial charge >= 0.3 is 0 Å². The third-order valence-electron chi connectivity index (χ3n) is 5.29. The van der Waals surface area contributed by atoms with Gasteiger partial charge in [-0.2, -0.15) is 0 Å². The second-order valence-electron chi connectivity index (χ2n) is 7.27. The fraction of sp³-hybridized carbons (Fsp3) is 0.348. The minimum atomic E-state index is -0.854. The summed E-state index contributed by atoms with van der Waals surface area (Å²) >= 11 is 0. The van der Waals surface area contributed by atoms with Crippen molar-refractivity contribution in [2.24, 2.45) is 5.92 Å². The molecule has 7 heteroatoms. The topological polar surface area (TPSA) is 50.8 Å². The Morgan fingerprint density at radius 2 is 2.03 bits per heavy atom. The first-order chi connectivity index (χ1) is 14.5. The number of methoxy groups -OCH3 is 2. The summed E-state index contributed by atoms with van der Waals surface area (Å²) in [6, 6.07) is 7.35. The molecular weight excluding hydrogens is 390 g/mol. The summed E-state index contributed by atoms with van der Waals surface area (Å²) in [7, 11) is 3.09. The smallest absolute Gasteiger partial charge is 0.251 e. The standard InChI is InChI=1S/C23H26F2N2O3/c1-4-5-16-10-17(11-21(29-2)22(16)30-3)23(28)26-13-15-8-9-27(14-15)18-6-7-19(24)20(25)12-18/h4,6-7,10-12,15H,1,5,8-9,13-14H2,2-3H3,(H,26,28). The maximum atomic E-state index is 13.5. The van der Waals surface area contributed by atoms with E-state index in [1.54, 1.807) is 31.4 Å². The highest BCUT2D eigenvalue weighted by molar-refractivity contribution is 5.95. The summed E-state index contributed by atoms with van der Waals surface area (Å²) in [5.41, 5.74) is 1.96. The zero-order valence-corrected chi connectivity index (χ0v) is 17.2. The Balaban J connectivity index is 1.63. The third-order valence-corrected chi connectivity index (χ3v) is 5.29. The number of halogens is 2. The maximum absolute atomic E-state index is 13.5. The molecule has 30 heavy (non-hydrogen) atoms. The largest absolute Gasteiger partial charge is 0.493 e. The van der Waals surface area contributed by atoms with Crippen LogP contribution in [0, 0.1) is 17.6 Å². The molecule has 1 aliphatic heterocycles. The predicted octanol–water partition coefficient (Wildman–Crippen LogP) is 3.97. The van der Waals surface area contributed by atoms with Crippen molar-refractivity contribution in [3.05, 3.63) is 65.7 Å². The van der Waals surface area contributed by atoms with Gasteiger partial charge in [0.1, 0.15) is 0 Å². The Labute approximate surface area is 175 Å². The number of anilines is 1. The molecule has 1 unspecified atom stereocenters. The number of hydrogen-bond donors (Lipinski definition) is 1. The van der Waals surface area contributed by atoms with Gasteiger partial charge in [-0.15, -0.1) is 6.58 Å². The van der Waals surface area contributed by atoms with E-state index in [0.29, 0.717) is 42.3 Å². The van der Waals surface area contributed by atoms with Crippen LogP contribution in [0.5, 0.6) is 11.5 Å². The molecular formula is C23H26F2N2O3. The van der Waals surface area contributed by atoms with Crippen LogP contribution in [0.3, 0.4) is 0 Å². The van der Waals surface area contributed by atoms with Crippen molar-refractivity contribution in [2.45, 2.75) is 12.8 Å². The van der Waals surface area contributed by atoms with Crippen molar-refractivity contribution in [2.75, 3.05) is 38.8 Å². The van der Waals surface area contributed by atoms with Crippen LogP contribution in [-0.4, -0.2) is 39.8 Å². The highest BCUT2D eigenvalue weighted by Gasteiger charge is 2.24. The lowest BCUT2D eigenvalue weighted by molar-refractivity contribution is 0.0947. The monoisotopic (exact) mass is 416 g/mol. The molecule has 0 saturated carbocycles. The van der Waals surface area contributed by atoms with Gasteiger partial charge in [-0.3, -0.25) is 4.79 Å². The van der Waals surface area contributed by atoms with Crippen LogP contribution in [0.2, 0.25) is 0 Å². The summed E-state index contributed by atoms with van der Waals surface area (Å²) in [5.74, 6) is -0.609. The van der Waals surface area contributed by atoms with Crippen molar-refractivity contribution in [1.82, 2.24) is 5.32 Å². The lowest BCUT2D eigenvalue weighted by Gasteiger charge is -2.19. The summed E-state index contributed by atoms with van der Waals surface area (Å²) in [6.45, 7) is 5.63. The van der Waals surface area contributed by atoms with Crippen LogP contribution < -0.4 is 19.7 Å². The molecule has 2 aromatic rings. The SMILES string of the molecule is C=CCc1cc(C(=O)NCC2CCN(c3ccc(F)c(F)c3)C2)cc(OC)c1OC. The fourth-order valence-electron chi connectivity index (χ4n) is 3.74. The normalized spacial score (nSPS) is 15.7. The van der Waals surface area contributed by atoms with Crippen LogP contribution in [0.1, 0.15) is 22.3 Å². The van der Waals surface area contributed by atoms with E-state index in [1.807, 2.05) is 4.90 Å². The molecule has 1 fully saturated rings. The van der Waals surface area contributed by atoms with Gasteiger partial charge in [-0.05, 0) is 43.0 Å². The Morgan fingerprint density at radius 3 is 2.70 bits per heavy atom. The van der Waals surface area contributed by atoms with Gasteiger partial charge < -0.3 is 19.7 Å². The molecule has 1 saturated heterocycles. The molecule has 0 bridgehead atoms. The van der Waals surface area contributed by atoms with E-state index in [1.165, 1.54) is 13.2 Å². The lowest BCUT2D eigenvalue weighted by atomic mass is 10.0. The number of carbonyl (C=O) groups is 1. The molecule has 1 amide bonds. The number of nitrogens with one attached hydrogen (secondary N) is 1. The molecule has 1 N–H and O–H groups in total. The first kappa shape index (κ1) is 21.6. The van der Waals surface area contributed by atoms with Crippen molar-refractivity contribution < 1.29 is 23.0 Å². The first-order valence-corrected chi connectivity index (χ1v) is 9.80. The molecule has 0 aliphatic carbocycles. The Kier molecular flexibility index (Phi) is 6.92. The lowest BCUT2D eigenvalue weighted by Crippen LogP contribution is -2.31. The van der Waals surface area contributed by atoms with Crippen LogP contribution in [0.4, 0.5) is 14.5 Å². The van der Waals surface area contributed by atoms with Crippen LogP contribution in [-0.2, 0) is 6.42 Å². The molecule has 0 aromatic heterocycles. The predicted molar refractivity (Wildman–Crippen MR) is 112 cm³/mol. The highest BCUT2D eigenvalue weighted by Crippen LogP contribution is 2.33. The van der Waals surface area contributed by atoms with Gasteiger partial charge in [0.25, 0.3) is 5.91 Å². The van der Waals surface area contributed by atoms with Crippen molar-refractivity contribution >= 4 is 11.6 Å². The summed E-state index contributed by atoms with van der Waals surface area (Å²) < 4.78 is 37.4. The van der Waals surface area contributed by atoms with E-state index >= 15 is 0 Å². The summed E-state index contributed by atoms with van der Waals surface area (Å²) in [6.07, 6.45) is 3.14. The van der Waals surface area contributed by atoms with Gasteiger partial charge in [0.05, 0.1) is 14.2 Å². The second-order valence-corrected chi connectivity index (χ2v) is 7.27. The van der Waals surface area contributed by atoms with Gasteiger partial charge in [-0.1, -0.05) is 6.08 Å². The Hall–Kier alpha value is -3.09. The van der Waals surface area contributed by atoms with Crippen molar-refractivity contribution in [3.63, 3.8) is 0 Å². The number of nitrogens with zero attached hydrogens (tertiary/aromatic N) is 1. The van der Waals surface area contributed by atoms with Gasteiger partial charge in [0, 0.05) is 42.5 Å². The molecule has 1 heterocycles. The summed E-state index contributed by atoms with van der Waals surface area (Å²) in [4.78, 5) is 14.7. The molecule has 5 nitrogen and oxygen atoms in total. The first-order valence-electron chi connectivity index (χ1n) is 9.80. The molecule has 3 rings (SSSR count). The molecule has 0 spiro atoms. The zero-order valence-electron chi connectivity index (χ0n) is 17.2. The number of benzene rings is 2. The fourth-order valence-corrected chi connectivity index (χ4v) is 3.74. The average Bonchev–Trinajstić information content (AvgIpc) is 3.22. The van der Waals surface area contributed by atoms with Gasteiger partial charge in [-0.25, -0.2) is 8.78 Å². The molecule has 160 valence electrons. The van der Waals surface area contributed by atoms with E-state index in [4.69, 9.17) is 9.47 Å². The quantitative estimate of drug-likeness (QED) is 0.662. The zero-order chi connectivity index (χ0) is 21.7. The van der Waals surface area contributed by atoms with E-state index in [-0.39, 0.29) is 11.8 Å². The number of ether oxygens (including phenoxy) is 2. The van der Waals surface area contributed by atoms with E-state index < -0.39 is 11.6 Å². The van der Waals surface area contributed by atoms with Crippen LogP contribution >= 0.6 is 0 Å². The minimum absolute atomic E-state index is 0.201. The Bertz CT molecular complexity index is 933. The van der Waals surface area contributed by atoms with E-state index in [0.717, 1.165) is 24.6 Å². The van der Waals surface area contributed by atoms with Crippen LogP contribution in [0.25, 0.3) is 0 Å². The number of carbonyl (C=O) groups excluding carboxylic acids is 1. The van der Waals surface area contributed by atoms with Crippen molar-refractivity contribution in [3.8, 4) is 11.5 Å². The minimum Gasteiger partial charge on any atom is -0.493 e. The van der Waals surface area contributed by atoms with Gasteiger partial charge in [0.2, 0.25) is 0 Å². The maximum Gasteiger partial charge on any atom is 0.251 e. The molecule has 1 atom stereocenters. The Morgan fingerprint density at radius 1 is 1.23 bits per heavy atom. The molecule has 2 aromatic carbocycles. The number of allylic oxidation sites excluding steroid dienone is 1. The third kappa shape index (κ3) is 4.72. The molecule has 0 radical (unpaired) electrons. The highest BCUT2D eigenvalue weighted by atomic mass is 19.2. The number of hydrogen-bond acceptors (Lipinski definition) is 4. The average molecular weight is 416 g/mol. The summed E-state index contributed by atoms with van der Waals surface area (Å²) in [5, 5.41) is 2.97. The second kappa shape index (κ2) is 9.61. The van der Waals surface area contributed by atoms with E-state index in [2.05, 4.69) is 11.9 Å². The number of rotatable bonds is 8. The van der Waals surface area contributed by atoms with Gasteiger partial charge in [0.15, 0.2) is 23.1 Å². The van der Waals surface area contributed by atoms with E-state index in [9.17, 15) is 13.6 Å². The van der Waals surface area contributed by atoms with Crippen LogP contribution in [0.15, 0.2) is 43.0 Å². The number of amides is 1. The van der Waals surface area contributed by atoms with Crippen molar-refractivity contribution in [1.29, 1.82) is 0 Å². The molecule has 1 aliphatic rings.